The first kappa shape index (κ1) is 24.6. The fraction of sp³-hybridized carbons (Fsp3) is 0.556. The number of nitrogens with zero attached hydrogens (tertiary/aromatic N) is 3. The first-order chi connectivity index (χ1) is 14.3. The van der Waals surface area contributed by atoms with Crippen LogP contribution in [-0.4, -0.2) is 51.4 Å². The highest BCUT2D eigenvalue weighted by Crippen LogP contribution is 1.88. The topological polar surface area (TPSA) is 145 Å². The van der Waals surface area contributed by atoms with Gasteiger partial charge in [-0.2, -0.15) is 0 Å². The lowest BCUT2D eigenvalue weighted by Crippen LogP contribution is -2.55. The number of carbonyl (C=O) groups is 3. The molecular formula is C18H25N3O9. The molecule has 1 aromatic heterocycles. The van der Waals surface area contributed by atoms with Crippen molar-refractivity contribution in [3.05, 3.63) is 44.1 Å². The van der Waals surface area contributed by atoms with Crippen LogP contribution < -0.4 is 17.1 Å². The van der Waals surface area contributed by atoms with Crippen molar-refractivity contribution in [1.82, 2.24) is 13.7 Å². The van der Waals surface area contributed by atoms with Crippen LogP contribution in [0.1, 0.15) is 26.7 Å². The molecule has 30 heavy (non-hydrogen) atoms. The number of ether oxygens (including phenoxy) is 3. The Morgan fingerprint density at radius 3 is 1.37 bits per heavy atom. The van der Waals surface area contributed by atoms with Crippen LogP contribution in [0, 0.1) is 0 Å². The monoisotopic (exact) mass is 427 g/mol. The van der Waals surface area contributed by atoms with Crippen LogP contribution in [0.5, 0.6) is 0 Å². The van der Waals surface area contributed by atoms with Crippen molar-refractivity contribution in [3.63, 3.8) is 0 Å². The minimum Gasteiger partial charge on any atom is -0.464 e. The zero-order valence-electron chi connectivity index (χ0n) is 17.0. The first-order valence-corrected chi connectivity index (χ1v) is 9.31. The van der Waals surface area contributed by atoms with Crippen molar-refractivity contribution in [2.24, 2.45) is 0 Å². The van der Waals surface area contributed by atoms with E-state index in [0.717, 1.165) is 15.2 Å². The minimum atomic E-state index is -0.950. The third-order valence-electron chi connectivity index (χ3n) is 3.84. The number of hydrogen-bond acceptors (Lipinski definition) is 9. The average Bonchev–Trinajstić information content (AvgIpc) is 2.74. The van der Waals surface area contributed by atoms with Crippen molar-refractivity contribution in [3.8, 4) is 0 Å². The van der Waals surface area contributed by atoms with E-state index in [4.69, 9.17) is 14.2 Å². The Hall–Kier alpha value is -3.44. The van der Waals surface area contributed by atoms with Gasteiger partial charge in [0.15, 0.2) is 0 Å². The van der Waals surface area contributed by atoms with Crippen molar-refractivity contribution >= 4 is 17.9 Å². The van der Waals surface area contributed by atoms with Gasteiger partial charge in [0.05, 0.1) is 19.6 Å². The Kier molecular flexibility index (Phi) is 10.00. The molecular weight excluding hydrogens is 402 g/mol. The number of carbonyl (C=O) groups excluding carboxylic acids is 3. The number of esters is 3. The average molecular weight is 427 g/mol. The summed E-state index contributed by atoms with van der Waals surface area (Å²) in [5.41, 5.74) is -2.84. The van der Waals surface area contributed by atoms with Gasteiger partial charge in [-0.3, -0.25) is 9.59 Å². The summed E-state index contributed by atoms with van der Waals surface area (Å²) in [5.74, 6) is -1.77. The fourth-order valence-electron chi connectivity index (χ4n) is 2.26. The minimum absolute atomic E-state index is 0.121. The molecule has 0 fully saturated rings. The molecule has 0 spiro atoms. The van der Waals surface area contributed by atoms with Crippen LogP contribution in [0.3, 0.4) is 0 Å². The van der Waals surface area contributed by atoms with Crippen molar-refractivity contribution < 1.29 is 28.6 Å². The van der Waals surface area contributed by atoms with Crippen LogP contribution in [-0.2, 0) is 48.2 Å². The third kappa shape index (κ3) is 6.87. The Balaban J connectivity index is 3.21. The van der Waals surface area contributed by atoms with Gasteiger partial charge in [-0.05, 0) is 0 Å². The number of hydrogen-bond donors (Lipinski definition) is 0. The van der Waals surface area contributed by atoms with Crippen molar-refractivity contribution in [1.29, 1.82) is 0 Å². The van der Waals surface area contributed by atoms with E-state index in [1.165, 1.54) is 0 Å². The van der Waals surface area contributed by atoms with Gasteiger partial charge in [0.2, 0.25) is 0 Å². The quantitative estimate of drug-likeness (QED) is 0.228. The van der Waals surface area contributed by atoms with Crippen LogP contribution >= 0.6 is 0 Å². The van der Waals surface area contributed by atoms with E-state index in [9.17, 15) is 28.8 Å². The summed E-state index contributed by atoms with van der Waals surface area (Å²) in [6.07, 6.45) is 1.17. The highest BCUT2D eigenvalue weighted by Gasteiger charge is 2.16. The number of rotatable bonds is 12. The predicted octanol–water partition coefficient (Wildman–Crippen LogP) is -1.19. The maximum Gasteiger partial charge on any atom is 0.336 e. The molecule has 0 N–H and O–H groups in total. The first-order valence-electron chi connectivity index (χ1n) is 9.31. The largest absolute Gasteiger partial charge is 0.464 e. The molecule has 166 valence electrons. The van der Waals surface area contributed by atoms with Gasteiger partial charge in [-0.1, -0.05) is 20.4 Å². The summed E-state index contributed by atoms with van der Waals surface area (Å²) in [6, 6.07) is 0. The molecule has 12 nitrogen and oxygen atoms in total. The second kappa shape index (κ2) is 12.2. The predicted molar refractivity (Wildman–Crippen MR) is 103 cm³/mol. The molecule has 1 rings (SSSR count). The second-order valence-electron chi connectivity index (χ2n) is 5.82. The van der Waals surface area contributed by atoms with E-state index in [1.807, 2.05) is 0 Å². The van der Waals surface area contributed by atoms with Crippen LogP contribution in [0.25, 0.3) is 0 Å². The van der Waals surface area contributed by atoms with Gasteiger partial charge in [-0.25, -0.2) is 32.9 Å². The Labute approximate surface area is 171 Å². The summed E-state index contributed by atoms with van der Waals surface area (Å²) in [5, 5.41) is 0. The van der Waals surface area contributed by atoms with E-state index in [-0.39, 0.29) is 52.3 Å². The van der Waals surface area contributed by atoms with Gasteiger partial charge in [0, 0.05) is 18.9 Å². The molecule has 0 aliphatic heterocycles. The van der Waals surface area contributed by atoms with E-state index >= 15 is 0 Å². The lowest BCUT2D eigenvalue weighted by Gasteiger charge is -2.14. The summed E-state index contributed by atoms with van der Waals surface area (Å²) in [4.78, 5) is 71.5. The van der Waals surface area contributed by atoms with Gasteiger partial charge in [0.25, 0.3) is 0 Å². The highest BCUT2D eigenvalue weighted by atomic mass is 16.5. The Bertz CT molecular complexity index is 895. The summed E-state index contributed by atoms with van der Waals surface area (Å²) in [6.45, 7) is 4.70. The summed E-state index contributed by atoms with van der Waals surface area (Å²) in [7, 11) is 0. The van der Waals surface area contributed by atoms with Gasteiger partial charge in [0.1, 0.15) is 19.8 Å². The van der Waals surface area contributed by atoms with E-state index in [0.29, 0.717) is 4.57 Å². The van der Waals surface area contributed by atoms with Crippen LogP contribution in [0.2, 0.25) is 0 Å². The molecule has 0 amide bonds. The fourth-order valence-corrected chi connectivity index (χ4v) is 2.26. The smallest absolute Gasteiger partial charge is 0.336 e. The van der Waals surface area contributed by atoms with E-state index in [1.54, 1.807) is 13.8 Å². The second-order valence-corrected chi connectivity index (χ2v) is 5.82. The Morgan fingerprint density at radius 1 is 0.733 bits per heavy atom. The molecule has 0 saturated carbocycles. The van der Waals surface area contributed by atoms with Gasteiger partial charge >= 0.3 is 35.0 Å². The molecule has 0 aliphatic carbocycles. The molecule has 0 aliphatic rings. The molecule has 0 atom stereocenters. The lowest BCUT2D eigenvalue weighted by molar-refractivity contribution is -0.144. The lowest BCUT2D eigenvalue weighted by atomic mass is 10.5. The summed E-state index contributed by atoms with van der Waals surface area (Å²) >= 11 is 0. The molecule has 0 saturated heterocycles. The maximum atomic E-state index is 12.6. The van der Waals surface area contributed by atoms with Crippen molar-refractivity contribution in [2.45, 2.75) is 46.3 Å². The molecule has 0 aromatic carbocycles. The maximum absolute atomic E-state index is 12.6. The van der Waals surface area contributed by atoms with Crippen LogP contribution in [0.15, 0.2) is 27.0 Å². The van der Waals surface area contributed by atoms with Crippen molar-refractivity contribution in [2.75, 3.05) is 19.8 Å². The molecule has 1 heterocycles. The molecule has 0 unspecified atom stereocenters. The SMILES string of the molecule is C=CC(=O)OCCn1c(=O)n(CCOC(=O)CC)c(=O)n(CCOC(=O)CC)c1=O. The Morgan fingerprint density at radius 2 is 1.07 bits per heavy atom. The third-order valence-corrected chi connectivity index (χ3v) is 3.84. The molecule has 0 bridgehead atoms. The summed E-state index contributed by atoms with van der Waals surface area (Å²) < 4.78 is 16.7. The normalized spacial score (nSPS) is 10.3. The van der Waals surface area contributed by atoms with Gasteiger partial charge in [-0.15, -0.1) is 0 Å². The van der Waals surface area contributed by atoms with E-state index in [2.05, 4.69) is 6.58 Å². The zero-order chi connectivity index (χ0) is 22.7. The number of aromatic nitrogens is 3. The van der Waals surface area contributed by atoms with Gasteiger partial charge < -0.3 is 14.2 Å². The van der Waals surface area contributed by atoms with E-state index < -0.39 is 35.0 Å². The molecule has 0 radical (unpaired) electrons. The molecule has 1 aromatic rings. The molecule has 12 heteroatoms. The highest BCUT2D eigenvalue weighted by molar-refractivity contribution is 5.81. The zero-order valence-corrected chi connectivity index (χ0v) is 17.0. The van der Waals surface area contributed by atoms with Crippen LogP contribution in [0.4, 0.5) is 0 Å². The standard InChI is InChI=1S/C18H25N3O9/c1-4-13(22)28-10-7-19-16(25)20(8-11-29-14(23)5-2)18(27)21(17(19)26)9-12-30-15(24)6-3/h4H,1,5-12H2,2-3H3.